The molecule has 57 heavy (non-hydrogen) atoms. The van der Waals surface area contributed by atoms with E-state index >= 15 is 0 Å². The SMILES string of the molecule is CI.Cc1cccc2nc(CSc3n[nH]c(-c4ccccc4)n3)nn12.Cc1cccc2nc(CSc3nc(-c4ccccc4)nn3C)nn12.O=CO[O-].[2H]CF.[H-].[K+].[K+]. The molecular weight excluding hydrogens is 937 g/mol. The fraction of sp³-hybridized carbons (Fsp3) is 0.194. The van der Waals surface area contributed by atoms with E-state index in [2.05, 4.69) is 72.9 Å². The predicted octanol–water partition coefficient (Wildman–Crippen LogP) is 0.433. The van der Waals surface area contributed by atoms with Crippen molar-refractivity contribution < 1.29 is 125 Å². The van der Waals surface area contributed by atoms with Crippen LogP contribution in [-0.2, 0) is 28.2 Å². The Bertz CT molecular complexity index is 2400. The molecule has 0 bridgehead atoms. The number of benzene rings is 2. The van der Waals surface area contributed by atoms with E-state index in [4.69, 9.17) is 11.4 Å². The number of nitrogens with zero attached hydrogens (tertiary/aromatic N) is 11. The number of rotatable bonds is 9. The molecule has 0 atom stereocenters. The number of aryl methyl sites for hydroxylation is 3. The predicted molar refractivity (Wildman–Crippen MR) is 218 cm³/mol. The summed E-state index contributed by atoms with van der Waals surface area (Å²) >= 11 is 5.26. The van der Waals surface area contributed by atoms with Crippen LogP contribution in [0.1, 0.15) is 25.8 Å². The fourth-order valence-corrected chi connectivity index (χ4v) is 6.19. The van der Waals surface area contributed by atoms with Crippen molar-refractivity contribution in [2.24, 2.45) is 7.05 Å². The van der Waals surface area contributed by atoms with Crippen molar-refractivity contribution >= 4 is 63.9 Å². The van der Waals surface area contributed by atoms with Crippen LogP contribution >= 0.6 is 46.1 Å². The van der Waals surface area contributed by atoms with Gasteiger partial charge in [-0.2, -0.15) is 15.3 Å². The molecule has 1 N–H and O–H groups in total. The first-order valence-corrected chi connectivity index (χ1v) is 20.2. The molecule has 0 saturated carbocycles. The third-order valence-corrected chi connectivity index (χ3v) is 9.01. The van der Waals surface area contributed by atoms with Crippen molar-refractivity contribution in [2.45, 2.75) is 35.7 Å². The number of aromatic amines is 1. The molecule has 6 aromatic heterocycles. The number of nitrogens with one attached hydrogen (secondary N) is 1. The third-order valence-electron chi connectivity index (χ3n) is 7.15. The molecule has 0 unspecified atom stereocenters. The van der Waals surface area contributed by atoms with Crippen LogP contribution in [0.5, 0.6) is 0 Å². The summed E-state index contributed by atoms with van der Waals surface area (Å²) in [7, 11) is 0.906. The topological polar surface area (TPSA) is 182 Å². The average Bonchev–Trinajstić information content (AvgIpc) is 4.05. The van der Waals surface area contributed by atoms with Gasteiger partial charge in [0.05, 0.1) is 20.0 Å². The molecule has 288 valence electrons. The Morgan fingerprint density at radius 1 is 0.789 bits per heavy atom. The number of halogens is 2. The first kappa shape index (κ1) is 49.4. The van der Waals surface area contributed by atoms with E-state index < -0.39 is 7.15 Å². The molecule has 0 spiro atoms. The second kappa shape index (κ2) is 27.7. The Morgan fingerprint density at radius 2 is 1.28 bits per heavy atom. The molecule has 0 radical (unpaired) electrons. The number of aromatic nitrogens is 12. The Labute approximate surface area is 439 Å². The fourth-order valence-electron chi connectivity index (χ4n) is 4.78. The number of hydrogen-bond donors (Lipinski definition) is 1. The quantitative estimate of drug-likeness (QED) is 0.0401. The van der Waals surface area contributed by atoms with Gasteiger partial charge in [0, 0.05) is 29.6 Å². The molecule has 0 aliphatic carbocycles. The van der Waals surface area contributed by atoms with Crippen molar-refractivity contribution in [3.63, 3.8) is 0 Å². The summed E-state index contributed by atoms with van der Waals surface area (Å²) in [5, 5.41) is 30.7. The second-order valence-corrected chi connectivity index (χ2v) is 12.6. The number of carbonyl (C=O) groups excluding carboxylic acids is 1. The van der Waals surface area contributed by atoms with Crippen LogP contribution in [0.25, 0.3) is 34.1 Å². The van der Waals surface area contributed by atoms with Crippen LogP contribution in [0.2, 0.25) is 0 Å². The number of fused-ring (bicyclic) bond motifs is 2. The van der Waals surface area contributed by atoms with Gasteiger partial charge >= 0.3 is 103 Å². The molecule has 0 aliphatic rings. The van der Waals surface area contributed by atoms with E-state index in [9.17, 15) is 4.39 Å². The zero-order chi connectivity index (χ0) is 40.3. The molecule has 8 rings (SSSR count). The average molecular weight is 976 g/mol. The van der Waals surface area contributed by atoms with Crippen LogP contribution in [0, 0.1) is 13.8 Å². The van der Waals surface area contributed by atoms with E-state index in [0.29, 0.717) is 16.7 Å². The summed E-state index contributed by atoms with van der Waals surface area (Å²) in [6.45, 7) is 3.85. The normalized spacial score (nSPS) is 10.1. The van der Waals surface area contributed by atoms with Crippen molar-refractivity contribution in [2.75, 3.05) is 12.1 Å². The Kier molecular flexibility index (Phi) is 24.0. The summed E-state index contributed by atoms with van der Waals surface area (Å²) in [5.74, 6) is 4.36. The van der Waals surface area contributed by atoms with E-state index in [-0.39, 0.29) is 111 Å². The van der Waals surface area contributed by atoms with Gasteiger partial charge in [-0.3, -0.25) is 14.3 Å². The Balaban J connectivity index is 0.000000472. The van der Waals surface area contributed by atoms with Gasteiger partial charge in [-0.05, 0) is 43.0 Å². The van der Waals surface area contributed by atoms with Gasteiger partial charge in [-0.15, -0.1) is 5.10 Å². The number of thioether (sulfide) groups is 2. The molecule has 0 amide bonds. The van der Waals surface area contributed by atoms with Gasteiger partial charge in [0.15, 0.2) is 39.7 Å². The van der Waals surface area contributed by atoms with E-state index in [0.717, 1.165) is 62.3 Å². The van der Waals surface area contributed by atoms with Crippen molar-refractivity contribution in [3.05, 3.63) is 120 Å². The summed E-state index contributed by atoms with van der Waals surface area (Å²) in [6.07, 6.45) is 0. The van der Waals surface area contributed by atoms with Gasteiger partial charge < -0.3 is 11.6 Å². The van der Waals surface area contributed by atoms with Crippen molar-refractivity contribution in [1.29, 1.82) is 0 Å². The molecule has 0 fully saturated rings. The standard InChI is InChI=1S/C17H16N6S.C16H14N6S.CH3F.CH3I.CH2O3.2K.H/c1-12-7-6-10-15-18-14(20-23(12)15)11-24-17-19-16(21-22(17)2)13-8-4-3-5-9-13;1-11-6-5-9-14-17-13(21-22(11)14)10-23-16-18-15(19-20-16)12-7-3-2-4-8-12;2*1-2;2-1-4-3;;;/h3-10H,11H2,1-2H3;2-9H,10H2,1H3,(H,18,19,20);2*1H3;1,3H;;;/q;;;;;2*+1;-1/p-1/i;;1D;;;;;. The molecule has 8 aromatic rings. The number of carbonyl (C=O) groups is 1. The molecule has 0 saturated heterocycles. The zero-order valence-electron chi connectivity index (χ0n) is 34.2. The first-order chi connectivity index (χ1) is 27.3. The minimum Gasteiger partial charge on any atom is -1.00 e. The van der Waals surface area contributed by atoms with Crippen molar-refractivity contribution in [3.8, 4) is 22.8 Å². The molecule has 0 aliphatic heterocycles. The number of hydrogen-bond acceptors (Lipinski definition) is 13. The van der Waals surface area contributed by atoms with Gasteiger partial charge in [0.2, 0.25) is 5.16 Å². The Morgan fingerprint density at radius 3 is 1.77 bits per heavy atom. The monoisotopic (exact) mass is 975 g/mol. The largest absolute Gasteiger partial charge is 1.00 e. The third kappa shape index (κ3) is 15.2. The number of alkyl halides is 2. The summed E-state index contributed by atoms with van der Waals surface area (Å²) in [6, 6.07) is 31.8. The molecule has 2 aromatic carbocycles. The van der Waals surface area contributed by atoms with E-state index in [1.807, 2.05) is 132 Å². The van der Waals surface area contributed by atoms with Crippen LogP contribution in [0.4, 0.5) is 4.39 Å². The summed E-state index contributed by atoms with van der Waals surface area (Å²) in [5.41, 5.74) is 5.90. The van der Waals surface area contributed by atoms with Crippen LogP contribution < -0.4 is 108 Å². The maximum atomic E-state index is 9.96. The maximum absolute atomic E-state index is 9.96. The van der Waals surface area contributed by atoms with Crippen LogP contribution in [0.15, 0.2) is 107 Å². The maximum Gasteiger partial charge on any atom is 1.00 e. The molecule has 6 heterocycles. The molecule has 21 heteroatoms. The van der Waals surface area contributed by atoms with Crippen LogP contribution in [-0.4, -0.2) is 77.7 Å². The van der Waals surface area contributed by atoms with Gasteiger partial charge in [-0.25, -0.2) is 33.6 Å². The van der Waals surface area contributed by atoms with E-state index in [1.165, 1.54) is 11.8 Å². The van der Waals surface area contributed by atoms with E-state index in [1.54, 1.807) is 16.4 Å². The second-order valence-electron chi connectivity index (χ2n) is 10.7. The smallest absolute Gasteiger partial charge is 1.00 e. The summed E-state index contributed by atoms with van der Waals surface area (Å²) < 4.78 is 21.0. The van der Waals surface area contributed by atoms with Gasteiger partial charge in [0.25, 0.3) is 6.47 Å². The zero-order valence-corrected chi connectivity index (χ0v) is 42.2. The number of pyridine rings is 2. The van der Waals surface area contributed by atoms with Crippen LogP contribution in [0.3, 0.4) is 0 Å². The molecule has 15 nitrogen and oxygen atoms in total. The summed E-state index contributed by atoms with van der Waals surface area (Å²) in [4.78, 5) is 31.4. The van der Waals surface area contributed by atoms with Crippen molar-refractivity contribution in [1.82, 2.24) is 59.1 Å². The number of H-pyrrole nitrogens is 1. The minimum absolute atomic E-state index is 0. The van der Waals surface area contributed by atoms with Gasteiger partial charge in [0.1, 0.15) is 0 Å². The molecular formula is C36H38FIK2N12O3S2. The Hall–Kier alpha value is -1.98. The minimum atomic E-state index is -1.00. The van der Waals surface area contributed by atoms with Gasteiger partial charge in [-0.1, -0.05) is 119 Å². The first-order valence-electron chi connectivity index (χ1n) is 16.8.